The zero-order valence-corrected chi connectivity index (χ0v) is 15.7. The average molecular weight is 482 g/mol. The summed E-state index contributed by atoms with van der Waals surface area (Å²) in [5.41, 5.74) is 2.79. The first-order valence-electron chi connectivity index (χ1n) is 6.14. The topological polar surface area (TPSA) is 7.76 Å². The van der Waals surface area contributed by atoms with E-state index in [0.29, 0.717) is 0 Å². The van der Waals surface area contributed by atoms with Crippen LogP contribution < -0.4 is 57.1 Å². The van der Waals surface area contributed by atoms with Gasteiger partial charge in [-0.05, 0) is 6.42 Å². The Morgan fingerprint density at radius 1 is 0.737 bits per heavy atom. The summed E-state index contributed by atoms with van der Waals surface area (Å²) in [4.78, 5) is 0. The van der Waals surface area contributed by atoms with E-state index >= 15 is 0 Å². The third kappa shape index (κ3) is 5.72. The van der Waals surface area contributed by atoms with Crippen LogP contribution in [0.5, 0.6) is 0 Å². The number of halogens is 2. The molecule has 0 aliphatic carbocycles. The Morgan fingerprint density at radius 2 is 1.16 bits per heavy atom. The number of pyridine rings is 2. The Balaban J connectivity index is 0.00000162. The van der Waals surface area contributed by atoms with E-state index in [9.17, 15) is 0 Å². The summed E-state index contributed by atoms with van der Waals surface area (Å²) in [6, 6.07) is 12.8. The number of hydrogen-bond donors (Lipinski definition) is 0. The van der Waals surface area contributed by atoms with Gasteiger partial charge in [-0.25, -0.2) is 9.13 Å². The van der Waals surface area contributed by atoms with Crippen molar-refractivity contribution in [3.8, 4) is 0 Å². The molecule has 0 N–H and O–H groups in total. The van der Waals surface area contributed by atoms with Crippen LogP contribution in [0.4, 0.5) is 0 Å². The van der Waals surface area contributed by atoms with Gasteiger partial charge in [0.2, 0.25) is 0 Å². The fraction of sp³-hybridized carbons (Fsp3) is 0.333. The molecule has 0 bridgehead atoms. The Labute approximate surface area is 149 Å². The van der Waals surface area contributed by atoms with Crippen molar-refractivity contribution in [1.29, 1.82) is 0 Å². The van der Waals surface area contributed by atoms with Gasteiger partial charge in [-0.15, -0.1) is 0 Å². The lowest BCUT2D eigenvalue weighted by atomic mass is 10.1. The van der Waals surface area contributed by atoms with Gasteiger partial charge in [-0.1, -0.05) is 12.1 Å². The molecule has 0 amide bonds. The summed E-state index contributed by atoms with van der Waals surface area (Å²) in [5.74, 6) is 0. The number of rotatable bonds is 4. The molecular formula is C15H20I2N2. The highest BCUT2D eigenvalue weighted by molar-refractivity contribution is 5.00. The van der Waals surface area contributed by atoms with Gasteiger partial charge in [0.25, 0.3) is 0 Å². The van der Waals surface area contributed by atoms with Crippen LogP contribution in [0.2, 0.25) is 0 Å². The van der Waals surface area contributed by atoms with E-state index < -0.39 is 0 Å². The summed E-state index contributed by atoms with van der Waals surface area (Å²) in [6.07, 6.45) is 7.67. The van der Waals surface area contributed by atoms with E-state index in [1.54, 1.807) is 0 Å². The molecule has 0 saturated carbocycles. The molecule has 4 heteroatoms. The van der Waals surface area contributed by atoms with Gasteiger partial charge in [-0.2, -0.15) is 0 Å². The lowest BCUT2D eigenvalue weighted by Gasteiger charge is -2.00. The van der Waals surface area contributed by atoms with Gasteiger partial charge in [0.1, 0.15) is 14.1 Å². The van der Waals surface area contributed by atoms with Crippen molar-refractivity contribution in [1.82, 2.24) is 0 Å². The summed E-state index contributed by atoms with van der Waals surface area (Å²) < 4.78 is 4.40. The lowest BCUT2D eigenvalue weighted by Crippen LogP contribution is -3.00. The van der Waals surface area contributed by atoms with Crippen molar-refractivity contribution < 1.29 is 57.1 Å². The fourth-order valence-corrected chi connectivity index (χ4v) is 2.09. The van der Waals surface area contributed by atoms with Gasteiger partial charge in [0, 0.05) is 37.1 Å². The summed E-state index contributed by atoms with van der Waals surface area (Å²) >= 11 is 0. The molecule has 2 aromatic heterocycles. The lowest BCUT2D eigenvalue weighted by molar-refractivity contribution is -0.680. The van der Waals surface area contributed by atoms with Crippen LogP contribution in [0.15, 0.2) is 48.8 Å². The van der Waals surface area contributed by atoms with E-state index in [0.717, 1.165) is 12.8 Å². The third-order valence-electron chi connectivity index (χ3n) is 3.19. The van der Waals surface area contributed by atoms with Crippen molar-refractivity contribution >= 4 is 0 Å². The van der Waals surface area contributed by atoms with E-state index in [1.165, 1.54) is 17.8 Å². The first-order valence-corrected chi connectivity index (χ1v) is 6.14. The number of aromatic nitrogens is 2. The molecule has 19 heavy (non-hydrogen) atoms. The molecule has 0 aromatic carbocycles. The third-order valence-corrected chi connectivity index (χ3v) is 3.19. The zero-order chi connectivity index (χ0) is 12.1. The Kier molecular flexibility index (Phi) is 9.51. The quantitative estimate of drug-likeness (QED) is 0.307. The van der Waals surface area contributed by atoms with Crippen LogP contribution in [0.1, 0.15) is 17.8 Å². The molecule has 2 heterocycles. The maximum atomic E-state index is 2.20. The first kappa shape index (κ1) is 18.8. The molecule has 2 nitrogen and oxygen atoms in total. The Hall–Kier alpha value is -0.240. The van der Waals surface area contributed by atoms with E-state index in [2.05, 4.69) is 72.0 Å². The minimum absolute atomic E-state index is 0. The second-order valence-corrected chi connectivity index (χ2v) is 4.46. The predicted molar refractivity (Wildman–Crippen MR) is 67.3 cm³/mol. The summed E-state index contributed by atoms with van der Waals surface area (Å²) in [5, 5.41) is 0. The molecule has 0 fully saturated rings. The molecule has 0 unspecified atom stereocenters. The fourth-order valence-electron chi connectivity index (χ4n) is 2.09. The molecule has 0 aliphatic heterocycles. The second-order valence-electron chi connectivity index (χ2n) is 4.46. The van der Waals surface area contributed by atoms with Crippen molar-refractivity contribution in [3.63, 3.8) is 0 Å². The van der Waals surface area contributed by atoms with Crippen LogP contribution >= 0.6 is 0 Å². The van der Waals surface area contributed by atoms with Crippen LogP contribution in [0, 0.1) is 0 Å². The maximum absolute atomic E-state index is 2.20. The normalized spacial score (nSPS) is 9.37. The highest BCUT2D eigenvalue weighted by atomic mass is 127. The molecular weight excluding hydrogens is 462 g/mol. The summed E-state index contributed by atoms with van der Waals surface area (Å²) in [7, 11) is 4.22. The predicted octanol–water partition coefficient (Wildman–Crippen LogP) is -4.48. The molecule has 2 aromatic rings. The number of hydrogen-bond acceptors (Lipinski definition) is 0. The minimum Gasteiger partial charge on any atom is -1.00 e. The Morgan fingerprint density at radius 3 is 1.53 bits per heavy atom. The second kappa shape index (κ2) is 9.63. The first-order chi connectivity index (χ1) is 8.27. The highest BCUT2D eigenvalue weighted by Crippen LogP contribution is 2.01. The van der Waals surface area contributed by atoms with Crippen LogP contribution in [0.25, 0.3) is 0 Å². The van der Waals surface area contributed by atoms with Gasteiger partial charge in [-0.3, -0.25) is 0 Å². The Bertz CT molecular complexity index is 456. The molecule has 0 radical (unpaired) electrons. The maximum Gasteiger partial charge on any atom is 0.181 e. The van der Waals surface area contributed by atoms with Crippen molar-refractivity contribution in [3.05, 3.63) is 60.2 Å². The number of nitrogens with zero attached hydrogens (tertiary/aromatic N) is 2. The van der Waals surface area contributed by atoms with Crippen molar-refractivity contribution in [2.75, 3.05) is 0 Å². The zero-order valence-electron chi connectivity index (χ0n) is 11.4. The summed E-state index contributed by atoms with van der Waals surface area (Å²) in [6.45, 7) is 0. The van der Waals surface area contributed by atoms with Crippen LogP contribution in [0.3, 0.4) is 0 Å². The smallest absolute Gasteiger partial charge is 0.181 e. The monoisotopic (exact) mass is 482 g/mol. The molecule has 2 rings (SSSR count). The minimum atomic E-state index is 0. The molecule has 0 saturated heterocycles. The van der Waals surface area contributed by atoms with E-state index in [-0.39, 0.29) is 48.0 Å². The van der Waals surface area contributed by atoms with Gasteiger partial charge < -0.3 is 48.0 Å². The molecule has 0 aliphatic rings. The number of aryl methyl sites for hydroxylation is 4. The van der Waals surface area contributed by atoms with Crippen molar-refractivity contribution in [2.24, 2.45) is 14.1 Å². The molecule has 0 spiro atoms. The van der Waals surface area contributed by atoms with E-state index in [4.69, 9.17) is 0 Å². The SMILES string of the molecule is C[n+]1ccccc1CCCc1cccc[n+]1C.[I-].[I-]. The van der Waals surface area contributed by atoms with Crippen LogP contribution in [-0.2, 0) is 26.9 Å². The van der Waals surface area contributed by atoms with Crippen LogP contribution in [-0.4, -0.2) is 0 Å². The van der Waals surface area contributed by atoms with Gasteiger partial charge in [0.15, 0.2) is 23.8 Å². The van der Waals surface area contributed by atoms with Gasteiger partial charge in [0.05, 0.1) is 0 Å². The highest BCUT2D eigenvalue weighted by Gasteiger charge is 2.08. The standard InChI is InChI=1S/C15H20N2.2HI/c1-16-12-5-3-8-14(16)10-7-11-15-9-4-6-13-17(15)2;;/h3-6,8-9,12-13H,7,10-11H2,1-2H3;2*1H/q+2;;/p-2. The molecule has 0 atom stereocenters. The average Bonchev–Trinajstić information content (AvgIpc) is 2.34. The van der Waals surface area contributed by atoms with Gasteiger partial charge >= 0.3 is 0 Å². The molecule has 104 valence electrons. The van der Waals surface area contributed by atoms with E-state index in [1.807, 2.05) is 0 Å². The largest absolute Gasteiger partial charge is 1.00 e. The van der Waals surface area contributed by atoms with Crippen molar-refractivity contribution in [2.45, 2.75) is 19.3 Å².